The lowest BCUT2D eigenvalue weighted by molar-refractivity contribution is -0.660. The molecule has 0 bridgehead atoms. The molecule has 654 valence electrons. The highest BCUT2D eigenvalue weighted by atomic mass is 16.3. The van der Waals surface area contributed by atoms with Crippen molar-refractivity contribution in [1.82, 2.24) is 0 Å². The fourth-order valence-corrected chi connectivity index (χ4v) is 17.9. The Morgan fingerprint density at radius 3 is 0.902 bits per heavy atom. The van der Waals surface area contributed by atoms with Crippen molar-refractivity contribution in [3.05, 3.63) is 380 Å². The van der Waals surface area contributed by atoms with Crippen molar-refractivity contribution in [2.75, 3.05) is 0 Å². The summed E-state index contributed by atoms with van der Waals surface area (Å²) in [7, 11) is 7.47. The maximum absolute atomic E-state index is 8.86. The summed E-state index contributed by atoms with van der Waals surface area (Å²) in [6.07, 6.45) is 3.34. The maximum Gasteiger partial charge on any atom is 0.216 e. The number of pyridine rings is 4. The van der Waals surface area contributed by atoms with Crippen molar-refractivity contribution in [1.29, 1.82) is 0 Å². The summed E-state index contributed by atoms with van der Waals surface area (Å²) in [6, 6.07) is 71.5. The van der Waals surface area contributed by atoms with Crippen LogP contribution < -0.4 is 18.3 Å². The van der Waals surface area contributed by atoms with E-state index < -0.39 is 30.9 Å². The number of aromatic nitrogens is 4. The molecule has 8 aromatic heterocycles. The summed E-state index contributed by atoms with van der Waals surface area (Å²) in [5.74, 6) is -1.16. The Kier molecular flexibility index (Phi) is 20.6. The van der Waals surface area contributed by atoms with Crippen LogP contribution in [0.4, 0.5) is 22.7 Å². The average molecular weight is 1750 g/mol. The summed E-state index contributed by atoms with van der Waals surface area (Å²) >= 11 is 0. The van der Waals surface area contributed by atoms with Crippen LogP contribution in [0.2, 0.25) is 0 Å². The van der Waals surface area contributed by atoms with Gasteiger partial charge in [0.05, 0.1) is 54.0 Å². The highest BCUT2D eigenvalue weighted by Crippen LogP contribution is 2.51. The van der Waals surface area contributed by atoms with E-state index >= 15 is 0 Å². The van der Waals surface area contributed by atoms with Gasteiger partial charge in [0.15, 0.2) is 47.5 Å². The summed E-state index contributed by atoms with van der Waals surface area (Å²) in [4.78, 5) is 15.1. The molecule has 20 aromatic rings. The van der Waals surface area contributed by atoms with Crippen molar-refractivity contribution >= 4 is 111 Å². The fourth-order valence-electron chi connectivity index (χ4n) is 17.9. The van der Waals surface area contributed by atoms with E-state index in [9.17, 15) is 0 Å². The smallest absolute Gasteiger partial charge is 0.216 e. The molecule has 0 aliphatic rings. The van der Waals surface area contributed by atoms with E-state index in [1.54, 1.807) is 56.1 Å². The van der Waals surface area contributed by atoms with E-state index in [2.05, 4.69) is 31.5 Å². The Balaban J connectivity index is 0.000000132. The van der Waals surface area contributed by atoms with Crippen LogP contribution >= 0.6 is 0 Å². The molecule has 133 heavy (non-hydrogen) atoms. The van der Waals surface area contributed by atoms with Gasteiger partial charge < -0.3 is 17.7 Å². The van der Waals surface area contributed by atoms with Gasteiger partial charge in [0.1, 0.15) is 72.9 Å². The first-order chi connectivity index (χ1) is 68.6. The SMILES string of the molecule is [2H]c1c[n+](C)c(-c2c(C)ccc3c2oc2c(-c4ccc(C)cc4)c([N+]#[C-])ccc23)cc1C([2H])([2H])C(C)(C)C.[2H]c1c[n+](C)c(-c2c(C)ccc3c2oc2c(-c4ccc(C)cc4)c([N+]#[C-])ccc23)cc1C([2H])([2H])C(C)C.[2H]c1cc(-c2c(C)ccc3c2oc2c(-c4ccc(C)cc4)c([N+]#[C-])ccc23)[n+](C)cc1C([2H])(C)C.[2H]c1cc(-c2c(C)ccc3c2oc2c(-c4ccc(C)cc4)c([N+]#[C-])ccc23)[n+](C)cc1C([2H])([2H])[2H]. The topological polar surface area (TPSA) is 85.5 Å². The van der Waals surface area contributed by atoms with Gasteiger partial charge in [0, 0.05) is 124 Å². The Morgan fingerprint density at radius 1 is 0.331 bits per heavy atom. The normalized spacial score (nSPS) is 13.2. The number of benzene rings is 12. The monoisotopic (exact) mass is 1750 g/mol. The molecule has 20 rings (SSSR count). The van der Waals surface area contributed by atoms with Gasteiger partial charge in [-0.25, -0.2) is 37.6 Å². The lowest BCUT2D eigenvalue weighted by Gasteiger charge is -2.18. The molecule has 0 N–H and O–H groups in total. The second-order valence-corrected chi connectivity index (χ2v) is 36.2. The van der Waals surface area contributed by atoms with E-state index in [0.717, 1.165) is 177 Å². The fraction of sp³-hybridized carbons (Fsp3) is 0.207. The quantitative estimate of drug-likeness (QED) is 0.0901. The van der Waals surface area contributed by atoms with Gasteiger partial charge in [-0.1, -0.05) is 265 Å². The molecule has 0 saturated carbocycles. The average Bonchev–Trinajstić information content (AvgIpc) is 1.67. The Bertz CT molecular complexity index is 8640. The Labute approximate surface area is 796 Å². The third-order valence-electron chi connectivity index (χ3n) is 24.6. The summed E-state index contributed by atoms with van der Waals surface area (Å²) in [5.41, 5.74) is 30.1. The van der Waals surface area contributed by atoms with Crippen molar-refractivity contribution in [2.24, 2.45) is 39.5 Å². The molecule has 0 saturated heterocycles. The van der Waals surface area contributed by atoms with Crippen LogP contribution in [-0.2, 0) is 40.9 Å². The third-order valence-corrected chi connectivity index (χ3v) is 24.6. The van der Waals surface area contributed by atoms with E-state index in [4.69, 9.17) is 60.4 Å². The van der Waals surface area contributed by atoms with Gasteiger partial charge >= 0.3 is 0 Å². The zero-order valence-electron chi connectivity index (χ0n) is 90.4. The zero-order valence-corrected chi connectivity index (χ0v) is 78.4. The van der Waals surface area contributed by atoms with E-state index in [1.165, 1.54) is 6.20 Å². The Hall–Kier alpha value is -15.6. The third kappa shape index (κ3) is 17.2. The minimum atomic E-state index is -2.37. The van der Waals surface area contributed by atoms with Crippen molar-refractivity contribution < 1.29 is 52.4 Å². The number of aryl methyl sites for hydroxylation is 13. The maximum atomic E-state index is 8.86. The van der Waals surface area contributed by atoms with Crippen LogP contribution in [0.3, 0.4) is 0 Å². The molecular weight excluding hydrogens is 1630 g/mol. The lowest BCUT2D eigenvalue weighted by atomic mass is 9.88. The minimum absolute atomic E-state index is 0.00143. The summed E-state index contributed by atoms with van der Waals surface area (Å²) in [5, 5.41) is 7.45. The van der Waals surface area contributed by atoms with Crippen LogP contribution in [0.1, 0.15) is 138 Å². The van der Waals surface area contributed by atoms with Crippen molar-refractivity contribution in [3.63, 3.8) is 0 Å². The molecule has 0 fully saturated rings. The number of hydrogen-bond acceptors (Lipinski definition) is 4. The first-order valence-electron chi connectivity index (χ1n) is 50.4. The second kappa shape index (κ2) is 36.4. The number of furan rings is 4. The first-order valence-corrected chi connectivity index (χ1v) is 44.4. The molecule has 0 amide bonds. The van der Waals surface area contributed by atoms with Crippen molar-refractivity contribution in [3.8, 4) is 89.5 Å². The molecule has 12 aromatic carbocycles. The molecule has 0 aliphatic carbocycles. The van der Waals surface area contributed by atoms with Gasteiger partial charge in [-0.2, -0.15) is 0 Å². The highest BCUT2D eigenvalue weighted by molar-refractivity contribution is 6.19. The summed E-state index contributed by atoms with van der Waals surface area (Å²) in [6.45, 7) is 57.7. The molecular formula is C121H110N8O4+4. The molecule has 0 unspecified atom stereocenters. The number of fused-ring (bicyclic) bond motifs is 12. The second-order valence-electron chi connectivity index (χ2n) is 36.2. The molecule has 12 nitrogen and oxygen atoms in total. The number of nitrogens with zero attached hydrogens (tertiary/aromatic N) is 8. The molecule has 8 heterocycles. The number of rotatable bonds is 12. The van der Waals surface area contributed by atoms with Crippen LogP contribution in [0.15, 0.2) is 285 Å². The predicted octanol–water partition coefficient (Wildman–Crippen LogP) is 31.9. The van der Waals surface area contributed by atoms with Gasteiger partial charge in [0.25, 0.3) is 0 Å². The first kappa shape index (κ1) is 75.2. The van der Waals surface area contributed by atoms with Gasteiger partial charge in [0.2, 0.25) is 22.8 Å². The molecule has 0 atom stereocenters. The molecule has 0 radical (unpaired) electrons. The standard InChI is InChI=1S/C32H31N2O.C31H29N2O.C30H27N2O.C28H23N2O/c1-20-8-11-23(12-9-20)29-26(33-6)15-14-25-24-13-10-21(2)28(30(24)35-31(25)29)27-18-22(16-17-34(27)7)19-32(3,4)5;1-19(2)17-22-15-16-33(6)27(18-22)28-21(4)9-12-24-25-13-14-26(32-5)29(31(25)34-30(24)28)23-10-7-20(3)8-11-23;1-18(2)22-12-16-26(32(6)17-22)27-20(4)9-13-23-24-14-15-25(31-5)28(30(24)33-29(23)27)21-10-7-19(3)8-11-21;1-17-6-10-20(11-7-17)26-23(29-4)14-13-22-21-12-9-19(3)25(27(21)31-28(22)26)24-15-8-18(2)16-30(24)5/h8-18H,19H2,1-5,7H3;7-16,18-19H,17H2,1-4,6H3;7-18H,1-4,6H3;6-16H,1-3,5H3/q4*+1/i16D,19D2;15D,17D2;12D,18D;2D3,8D. The zero-order chi connectivity index (χ0) is 104. The lowest BCUT2D eigenvalue weighted by Crippen LogP contribution is -2.31. The van der Waals surface area contributed by atoms with E-state index in [-0.39, 0.29) is 29.6 Å². The highest BCUT2D eigenvalue weighted by Gasteiger charge is 2.31. The van der Waals surface area contributed by atoms with Gasteiger partial charge in [-0.3, -0.25) is 0 Å². The van der Waals surface area contributed by atoms with Gasteiger partial charge in [-0.05, 0) is 160 Å². The minimum Gasteiger partial charge on any atom is -0.456 e. The largest absolute Gasteiger partial charge is 0.456 e. The van der Waals surface area contributed by atoms with E-state index in [0.29, 0.717) is 90.3 Å². The number of hydrogen-bond donors (Lipinski definition) is 0. The predicted molar refractivity (Wildman–Crippen MR) is 547 cm³/mol. The van der Waals surface area contributed by atoms with Crippen LogP contribution in [0.25, 0.3) is 197 Å². The Morgan fingerprint density at radius 2 is 0.609 bits per heavy atom. The molecule has 12 heteroatoms. The summed E-state index contributed by atoms with van der Waals surface area (Å²) < 4.78 is 135. The van der Waals surface area contributed by atoms with E-state index in [1.807, 2.05) is 319 Å². The van der Waals surface area contributed by atoms with Crippen LogP contribution in [0, 0.1) is 99.9 Å². The molecule has 0 spiro atoms. The van der Waals surface area contributed by atoms with Crippen molar-refractivity contribution in [2.45, 2.75) is 129 Å². The molecule has 0 aliphatic heterocycles. The van der Waals surface area contributed by atoms with Crippen LogP contribution in [-0.4, -0.2) is 0 Å². The van der Waals surface area contributed by atoms with Gasteiger partial charge in [-0.15, -0.1) is 0 Å². The van der Waals surface area contributed by atoms with Crippen LogP contribution in [0.5, 0.6) is 0 Å².